The number of aromatic nitrogens is 1. The van der Waals surface area contributed by atoms with Crippen molar-refractivity contribution in [3.05, 3.63) is 217 Å². The molecule has 0 saturated heterocycles. The summed E-state index contributed by atoms with van der Waals surface area (Å²) < 4.78 is 2.46. The number of hydrogen-bond donors (Lipinski definition) is 0. The molecule has 1 heterocycles. The third-order valence-corrected chi connectivity index (χ3v) is 12.7. The highest BCUT2D eigenvalue weighted by atomic mass is 15.2. The fourth-order valence-electron chi connectivity index (χ4n) is 10.0. The lowest BCUT2D eigenvalue weighted by Crippen LogP contribution is -2.24. The van der Waals surface area contributed by atoms with E-state index in [2.05, 4.69) is 230 Å². The van der Waals surface area contributed by atoms with E-state index >= 15 is 0 Å². The molecule has 0 amide bonds. The second kappa shape index (κ2) is 13.1. The standard InChI is InChI=1S/C55H42N2/c1-55(2)46-27-11-8-23-42(46)43-35-34-39(36-47(43)55)54-41(38-18-4-3-5-19-38)26-17-33-53(54)57(48-32-16-21-37-20-6-7-22-40(37)48)52-31-15-14-30-51(52)56-49-28-12-9-24-44(49)45-25-10-13-29-50(45)56/h3-36,42,46H,1-2H3. The first-order valence-corrected chi connectivity index (χ1v) is 20.1. The van der Waals surface area contributed by atoms with Crippen LogP contribution in [0.25, 0.3) is 60.5 Å². The molecule has 0 N–H and O–H groups in total. The number of para-hydroxylation sites is 4. The Kier molecular flexibility index (Phi) is 7.69. The van der Waals surface area contributed by atoms with E-state index in [9.17, 15) is 0 Å². The molecule has 2 aliphatic carbocycles. The molecule has 2 unspecified atom stereocenters. The second-order valence-corrected chi connectivity index (χ2v) is 16.1. The van der Waals surface area contributed by atoms with Crippen molar-refractivity contribution in [2.24, 2.45) is 5.92 Å². The zero-order valence-corrected chi connectivity index (χ0v) is 32.2. The van der Waals surface area contributed by atoms with Crippen LogP contribution in [0.2, 0.25) is 0 Å². The number of fused-ring (bicyclic) bond motifs is 7. The smallest absolute Gasteiger partial charge is 0.0702 e. The molecular weight excluding hydrogens is 689 g/mol. The molecule has 0 saturated carbocycles. The van der Waals surface area contributed by atoms with Gasteiger partial charge in [0, 0.05) is 27.6 Å². The van der Waals surface area contributed by atoms with Gasteiger partial charge in [0.25, 0.3) is 0 Å². The Morgan fingerprint density at radius 1 is 0.491 bits per heavy atom. The Balaban J connectivity index is 1.24. The van der Waals surface area contributed by atoms with Crippen LogP contribution in [0.1, 0.15) is 30.9 Å². The van der Waals surface area contributed by atoms with E-state index in [0.29, 0.717) is 11.8 Å². The molecule has 0 bridgehead atoms. The minimum Gasteiger partial charge on any atom is -0.307 e. The largest absolute Gasteiger partial charge is 0.307 e. The summed E-state index contributed by atoms with van der Waals surface area (Å²) in [7, 11) is 0. The topological polar surface area (TPSA) is 8.17 Å². The van der Waals surface area contributed by atoms with Gasteiger partial charge in [0.1, 0.15) is 0 Å². The van der Waals surface area contributed by atoms with E-state index in [-0.39, 0.29) is 5.41 Å². The molecule has 0 radical (unpaired) electrons. The van der Waals surface area contributed by atoms with Crippen LogP contribution < -0.4 is 4.90 Å². The van der Waals surface area contributed by atoms with Crippen LogP contribution in [0.15, 0.2) is 206 Å². The van der Waals surface area contributed by atoms with E-state index in [1.807, 2.05) is 0 Å². The van der Waals surface area contributed by atoms with Gasteiger partial charge in [-0.05, 0) is 80.9 Å². The van der Waals surface area contributed by atoms with Crippen molar-refractivity contribution < 1.29 is 0 Å². The van der Waals surface area contributed by atoms with Gasteiger partial charge in [0.15, 0.2) is 0 Å². The molecule has 0 spiro atoms. The summed E-state index contributed by atoms with van der Waals surface area (Å²) in [5.41, 5.74) is 14.6. The molecule has 11 rings (SSSR count). The van der Waals surface area contributed by atoms with Gasteiger partial charge in [0.05, 0.1) is 33.8 Å². The lowest BCUT2D eigenvalue weighted by atomic mass is 9.74. The SMILES string of the molecule is CC1(C)c2cc(-c3c(-c4ccccc4)cccc3N(c3ccccc3-n3c4ccccc4c4ccccc43)c3cccc4ccccc34)ccc2C2C=CC=CC21. The molecule has 2 atom stereocenters. The van der Waals surface area contributed by atoms with Gasteiger partial charge in [0.2, 0.25) is 0 Å². The molecular formula is C55H42N2. The van der Waals surface area contributed by atoms with Crippen molar-refractivity contribution in [1.29, 1.82) is 0 Å². The second-order valence-electron chi connectivity index (χ2n) is 16.1. The highest BCUT2D eigenvalue weighted by Gasteiger charge is 2.44. The van der Waals surface area contributed by atoms with Crippen molar-refractivity contribution >= 4 is 49.6 Å². The first-order valence-electron chi connectivity index (χ1n) is 20.1. The molecule has 2 heteroatoms. The van der Waals surface area contributed by atoms with Gasteiger partial charge >= 0.3 is 0 Å². The molecule has 272 valence electrons. The Labute approximate surface area is 334 Å². The Morgan fingerprint density at radius 3 is 1.91 bits per heavy atom. The quantitative estimate of drug-likeness (QED) is 0.165. The maximum absolute atomic E-state index is 2.53. The number of anilines is 3. The molecule has 1 aromatic heterocycles. The molecule has 0 fully saturated rings. The van der Waals surface area contributed by atoms with Crippen molar-refractivity contribution in [2.75, 3.05) is 4.90 Å². The summed E-state index contributed by atoms with van der Waals surface area (Å²) in [6.45, 7) is 4.86. The van der Waals surface area contributed by atoms with Crippen LogP contribution in [0.5, 0.6) is 0 Å². The van der Waals surface area contributed by atoms with E-state index in [4.69, 9.17) is 0 Å². The summed E-state index contributed by atoms with van der Waals surface area (Å²) in [6.07, 6.45) is 9.27. The summed E-state index contributed by atoms with van der Waals surface area (Å²) >= 11 is 0. The molecule has 2 aliphatic rings. The lowest BCUT2D eigenvalue weighted by Gasteiger charge is -2.32. The summed E-state index contributed by atoms with van der Waals surface area (Å²) in [5, 5.41) is 4.90. The molecule has 2 nitrogen and oxygen atoms in total. The molecule has 57 heavy (non-hydrogen) atoms. The van der Waals surface area contributed by atoms with Crippen LogP contribution in [-0.4, -0.2) is 4.57 Å². The number of rotatable bonds is 6. The van der Waals surface area contributed by atoms with Crippen molar-refractivity contribution in [3.8, 4) is 27.9 Å². The first-order chi connectivity index (χ1) is 28.1. The van der Waals surface area contributed by atoms with E-state index < -0.39 is 0 Å². The maximum Gasteiger partial charge on any atom is 0.0702 e. The van der Waals surface area contributed by atoms with Crippen LogP contribution in [-0.2, 0) is 5.41 Å². The zero-order valence-electron chi connectivity index (χ0n) is 32.2. The summed E-state index contributed by atoms with van der Waals surface area (Å²) in [5.74, 6) is 0.824. The van der Waals surface area contributed by atoms with Crippen LogP contribution in [0.3, 0.4) is 0 Å². The van der Waals surface area contributed by atoms with Crippen LogP contribution >= 0.6 is 0 Å². The summed E-state index contributed by atoms with van der Waals surface area (Å²) in [6, 6.07) is 67.2. The predicted octanol–water partition coefficient (Wildman–Crippen LogP) is 14.9. The monoisotopic (exact) mass is 730 g/mol. The Morgan fingerprint density at radius 2 is 1.11 bits per heavy atom. The Hall–Kier alpha value is -6.90. The first kappa shape index (κ1) is 33.4. The van der Waals surface area contributed by atoms with Crippen LogP contribution in [0.4, 0.5) is 17.1 Å². The minimum atomic E-state index is -0.0163. The van der Waals surface area contributed by atoms with Gasteiger partial charge in [-0.15, -0.1) is 0 Å². The molecule has 8 aromatic carbocycles. The van der Waals surface area contributed by atoms with Crippen molar-refractivity contribution in [3.63, 3.8) is 0 Å². The zero-order chi connectivity index (χ0) is 38.1. The van der Waals surface area contributed by atoms with E-state index in [1.165, 1.54) is 66.0 Å². The van der Waals surface area contributed by atoms with Crippen molar-refractivity contribution in [2.45, 2.75) is 25.2 Å². The highest BCUT2D eigenvalue weighted by molar-refractivity contribution is 6.11. The van der Waals surface area contributed by atoms with Gasteiger partial charge in [-0.3, -0.25) is 0 Å². The van der Waals surface area contributed by atoms with Gasteiger partial charge in [-0.2, -0.15) is 0 Å². The number of hydrogen-bond acceptors (Lipinski definition) is 1. The normalized spacial score (nSPS) is 16.6. The third-order valence-electron chi connectivity index (χ3n) is 12.7. The van der Waals surface area contributed by atoms with E-state index in [1.54, 1.807) is 0 Å². The fourth-order valence-corrected chi connectivity index (χ4v) is 10.0. The maximum atomic E-state index is 2.53. The number of benzene rings is 8. The molecule has 0 aliphatic heterocycles. The van der Waals surface area contributed by atoms with Gasteiger partial charge in [-0.25, -0.2) is 0 Å². The molecule has 9 aromatic rings. The average Bonchev–Trinajstić information content (AvgIpc) is 3.72. The predicted molar refractivity (Wildman–Crippen MR) is 241 cm³/mol. The van der Waals surface area contributed by atoms with Crippen LogP contribution in [0, 0.1) is 5.92 Å². The number of allylic oxidation sites excluding steroid dienone is 4. The van der Waals surface area contributed by atoms with E-state index in [0.717, 1.165) is 22.7 Å². The van der Waals surface area contributed by atoms with Crippen molar-refractivity contribution in [1.82, 2.24) is 4.57 Å². The van der Waals surface area contributed by atoms with Gasteiger partial charge in [-0.1, -0.05) is 184 Å². The summed E-state index contributed by atoms with van der Waals surface area (Å²) in [4.78, 5) is 2.53. The van der Waals surface area contributed by atoms with Gasteiger partial charge < -0.3 is 9.47 Å². The fraction of sp³-hybridized carbons (Fsp3) is 0.0909. The third kappa shape index (κ3) is 5.17. The average molecular weight is 731 g/mol. The Bertz CT molecular complexity index is 3010. The minimum absolute atomic E-state index is 0.0163. The number of nitrogens with zero attached hydrogens (tertiary/aromatic N) is 2. The highest BCUT2D eigenvalue weighted by Crippen LogP contribution is 2.55. The lowest BCUT2D eigenvalue weighted by molar-refractivity contribution is 0.394.